The molecular weight excluding hydrogens is 570 g/mol. The van der Waals surface area contributed by atoms with Crippen LogP contribution in [0.2, 0.25) is 0 Å². The lowest BCUT2D eigenvalue weighted by molar-refractivity contribution is -0.138. The topological polar surface area (TPSA) is 88.1 Å². The van der Waals surface area contributed by atoms with Gasteiger partial charge in [-0.25, -0.2) is 23.2 Å². The van der Waals surface area contributed by atoms with Crippen LogP contribution in [0.15, 0.2) is 104 Å². The van der Waals surface area contributed by atoms with E-state index in [9.17, 15) is 23.2 Å². The van der Waals surface area contributed by atoms with Crippen molar-refractivity contribution < 1.29 is 42.1 Å². The van der Waals surface area contributed by atoms with Gasteiger partial charge in [0.2, 0.25) is 0 Å². The highest BCUT2D eigenvalue weighted by Gasteiger charge is 2.35. The second-order valence-corrected chi connectivity index (χ2v) is 9.57. The molecule has 0 N–H and O–H groups in total. The quantitative estimate of drug-likeness (QED) is 0.0761. The molecule has 3 rings (SSSR count). The Morgan fingerprint density at radius 2 is 1.20 bits per heavy atom. The lowest BCUT2D eigenvalue weighted by Crippen LogP contribution is -2.32. The summed E-state index contributed by atoms with van der Waals surface area (Å²) in [5.41, 5.74) is -0.108. The maximum absolute atomic E-state index is 14.4. The number of hydrogen-bond donors (Lipinski definition) is 0. The van der Waals surface area contributed by atoms with Crippen molar-refractivity contribution in [1.29, 1.82) is 0 Å². The minimum atomic E-state index is -1.58. The standard InChI is InChI=1S/C35H34F2O7/c1-3-7-33(39)43-30-17-11-27(12-18-30)35(24-36,25-37)28-13-19-31(20-14-28)44-34(40)21-10-26-8-15-29(16-9-26)41-22-5-6-23-42-32(38)4-2/h3-4,7-21H,2,5-6,22-25H2,1H3/b7-3+,21-10+. The summed E-state index contributed by atoms with van der Waals surface area (Å²) in [5.74, 6) is -0.503. The third-order valence-electron chi connectivity index (χ3n) is 6.52. The second kappa shape index (κ2) is 17.2. The van der Waals surface area contributed by atoms with Crippen LogP contribution in [0.5, 0.6) is 17.2 Å². The van der Waals surface area contributed by atoms with E-state index < -0.39 is 36.7 Å². The zero-order valence-corrected chi connectivity index (χ0v) is 24.4. The normalized spacial score (nSPS) is 11.3. The van der Waals surface area contributed by atoms with Crippen molar-refractivity contribution in [1.82, 2.24) is 0 Å². The van der Waals surface area contributed by atoms with Crippen molar-refractivity contribution in [2.45, 2.75) is 25.2 Å². The molecule has 9 heteroatoms. The number of unbranched alkanes of at least 4 members (excludes halogenated alkanes) is 1. The highest BCUT2D eigenvalue weighted by molar-refractivity contribution is 5.88. The highest BCUT2D eigenvalue weighted by Crippen LogP contribution is 2.35. The Balaban J connectivity index is 1.54. The Bertz CT molecular complexity index is 1440. The smallest absolute Gasteiger partial charge is 0.336 e. The van der Waals surface area contributed by atoms with Gasteiger partial charge in [-0.3, -0.25) is 0 Å². The van der Waals surface area contributed by atoms with E-state index in [-0.39, 0.29) is 11.5 Å². The fraction of sp³-hybridized carbons (Fsp3) is 0.229. The minimum Gasteiger partial charge on any atom is -0.494 e. The molecule has 0 aliphatic heterocycles. The predicted octanol–water partition coefficient (Wildman–Crippen LogP) is 6.90. The Hall–Kier alpha value is -5.05. The van der Waals surface area contributed by atoms with Gasteiger partial charge in [0.05, 0.1) is 18.6 Å². The molecule has 0 heterocycles. The van der Waals surface area contributed by atoms with Crippen molar-refractivity contribution >= 4 is 24.0 Å². The van der Waals surface area contributed by atoms with E-state index in [2.05, 4.69) is 6.58 Å². The molecular formula is C35H34F2O7. The van der Waals surface area contributed by atoms with Gasteiger partial charge in [0, 0.05) is 18.2 Å². The molecule has 0 saturated heterocycles. The van der Waals surface area contributed by atoms with Crippen LogP contribution in [-0.2, 0) is 24.5 Å². The number of carbonyl (C=O) groups excluding carboxylic acids is 3. The maximum Gasteiger partial charge on any atom is 0.336 e. The molecule has 0 spiro atoms. The molecule has 0 bridgehead atoms. The first kappa shape index (κ1) is 33.5. The molecule has 7 nitrogen and oxygen atoms in total. The van der Waals surface area contributed by atoms with Crippen LogP contribution in [0, 0.1) is 0 Å². The monoisotopic (exact) mass is 604 g/mol. The van der Waals surface area contributed by atoms with Crippen LogP contribution in [0.4, 0.5) is 8.78 Å². The van der Waals surface area contributed by atoms with Gasteiger partial charge in [-0.15, -0.1) is 0 Å². The average molecular weight is 605 g/mol. The van der Waals surface area contributed by atoms with Gasteiger partial charge in [-0.2, -0.15) is 0 Å². The fourth-order valence-electron chi connectivity index (χ4n) is 4.10. The lowest BCUT2D eigenvalue weighted by Gasteiger charge is -2.29. The molecule has 0 amide bonds. The molecule has 0 saturated carbocycles. The van der Waals surface area contributed by atoms with E-state index in [4.69, 9.17) is 18.9 Å². The highest BCUT2D eigenvalue weighted by atomic mass is 19.1. The van der Waals surface area contributed by atoms with Crippen LogP contribution in [0.1, 0.15) is 36.5 Å². The Labute approximate surface area is 255 Å². The molecule has 0 aliphatic carbocycles. The number of halogens is 2. The summed E-state index contributed by atoms with van der Waals surface area (Å²) in [6.45, 7) is 3.76. The number of esters is 3. The van der Waals surface area contributed by atoms with Crippen LogP contribution < -0.4 is 14.2 Å². The largest absolute Gasteiger partial charge is 0.494 e. The predicted molar refractivity (Wildman–Crippen MR) is 163 cm³/mol. The van der Waals surface area contributed by atoms with Gasteiger partial charge in [-0.1, -0.05) is 49.1 Å². The van der Waals surface area contributed by atoms with E-state index in [1.54, 1.807) is 43.3 Å². The molecule has 0 aliphatic rings. The summed E-state index contributed by atoms with van der Waals surface area (Å²) in [5, 5.41) is 0. The first-order chi connectivity index (χ1) is 21.3. The molecule has 230 valence electrons. The minimum absolute atomic E-state index is 0.212. The number of rotatable bonds is 16. The van der Waals surface area contributed by atoms with Gasteiger partial charge >= 0.3 is 17.9 Å². The van der Waals surface area contributed by atoms with E-state index >= 15 is 0 Å². The number of ether oxygens (including phenoxy) is 4. The summed E-state index contributed by atoms with van der Waals surface area (Å²) in [7, 11) is 0. The van der Waals surface area contributed by atoms with Crippen molar-refractivity contribution in [2.75, 3.05) is 26.6 Å². The number of hydrogen-bond acceptors (Lipinski definition) is 7. The Morgan fingerprint density at radius 3 is 1.70 bits per heavy atom. The van der Waals surface area contributed by atoms with Gasteiger partial charge in [0.1, 0.15) is 30.6 Å². The van der Waals surface area contributed by atoms with Crippen LogP contribution >= 0.6 is 0 Å². The van der Waals surface area contributed by atoms with E-state index in [0.29, 0.717) is 42.9 Å². The van der Waals surface area contributed by atoms with Crippen LogP contribution in [-0.4, -0.2) is 44.5 Å². The molecule has 0 aromatic heterocycles. The third kappa shape index (κ3) is 9.76. The first-order valence-corrected chi connectivity index (χ1v) is 13.9. The summed E-state index contributed by atoms with van der Waals surface area (Å²) in [6, 6.07) is 19.1. The summed E-state index contributed by atoms with van der Waals surface area (Å²) in [4.78, 5) is 35.0. The van der Waals surface area contributed by atoms with Crippen molar-refractivity contribution in [3.63, 3.8) is 0 Å². The van der Waals surface area contributed by atoms with Crippen LogP contribution in [0.3, 0.4) is 0 Å². The molecule has 3 aromatic rings. The number of benzene rings is 3. The molecule has 44 heavy (non-hydrogen) atoms. The van der Waals surface area contributed by atoms with Gasteiger partial charge < -0.3 is 18.9 Å². The first-order valence-electron chi connectivity index (χ1n) is 13.9. The molecule has 0 radical (unpaired) electrons. The average Bonchev–Trinajstić information content (AvgIpc) is 3.04. The zero-order chi connectivity index (χ0) is 31.8. The molecule has 3 aromatic carbocycles. The zero-order valence-electron chi connectivity index (χ0n) is 24.4. The Morgan fingerprint density at radius 1 is 0.705 bits per heavy atom. The van der Waals surface area contributed by atoms with Crippen molar-refractivity contribution in [2.24, 2.45) is 0 Å². The van der Waals surface area contributed by atoms with E-state index in [1.807, 2.05) is 0 Å². The van der Waals surface area contributed by atoms with Gasteiger partial charge in [-0.05, 0) is 78.9 Å². The maximum atomic E-state index is 14.4. The van der Waals surface area contributed by atoms with Crippen LogP contribution in [0.25, 0.3) is 6.08 Å². The fourth-order valence-corrected chi connectivity index (χ4v) is 4.10. The summed E-state index contributed by atoms with van der Waals surface area (Å²) in [6.07, 6.45) is 8.17. The lowest BCUT2D eigenvalue weighted by atomic mass is 9.76. The number of allylic oxidation sites excluding steroid dienone is 1. The molecule has 0 unspecified atom stereocenters. The Kier molecular flexibility index (Phi) is 13.0. The second-order valence-electron chi connectivity index (χ2n) is 9.57. The molecule has 0 fully saturated rings. The van der Waals surface area contributed by atoms with E-state index in [0.717, 1.165) is 11.6 Å². The third-order valence-corrected chi connectivity index (χ3v) is 6.52. The van der Waals surface area contributed by atoms with Crippen molar-refractivity contribution in [3.05, 3.63) is 120 Å². The SMILES string of the molecule is C=CC(=O)OCCCCOc1ccc(/C=C/C(=O)Oc2ccc(C(CF)(CF)c3ccc(OC(=O)/C=C/C)cc3)cc2)cc1. The summed E-state index contributed by atoms with van der Waals surface area (Å²) >= 11 is 0. The summed E-state index contributed by atoms with van der Waals surface area (Å²) < 4.78 is 49.8. The van der Waals surface area contributed by atoms with E-state index in [1.165, 1.54) is 60.7 Å². The van der Waals surface area contributed by atoms with Crippen molar-refractivity contribution in [3.8, 4) is 17.2 Å². The van der Waals surface area contributed by atoms with Gasteiger partial charge in [0.15, 0.2) is 0 Å². The number of carbonyl (C=O) groups is 3. The van der Waals surface area contributed by atoms with Gasteiger partial charge in [0.25, 0.3) is 0 Å². The number of alkyl halides is 2. The molecule has 0 atom stereocenters.